The van der Waals surface area contributed by atoms with Crippen molar-refractivity contribution < 1.29 is 14.6 Å². The summed E-state index contributed by atoms with van der Waals surface area (Å²) in [6.07, 6.45) is 0.486. The lowest BCUT2D eigenvalue weighted by atomic mass is 9.87. The fourth-order valence-corrected chi connectivity index (χ4v) is 3.54. The van der Waals surface area contributed by atoms with E-state index in [1.807, 2.05) is 36.4 Å². The maximum absolute atomic E-state index is 12.5. The van der Waals surface area contributed by atoms with Crippen LogP contribution < -0.4 is 4.74 Å². The average Bonchev–Trinajstić information content (AvgIpc) is 2.62. The number of hydrogen-bond donors (Lipinski definition) is 1. The fraction of sp³-hybridized carbons (Fsp3) is 0.350. The van der Waals surface area contributed by atoms with Gasteiger partial charge in [-0.25, -0.2) is 0 Å². The van der Waals surface area contributed by atoms with E-state index in [9.17, 15) is 9.90 Å². The van der Waals surface area contributed by atoms with Crippen LogP contribution in [0.15, 0.2) is 48.5 Å². The predicted molar refractivity (Wildman–Crippen MR) is 98.1 cm³/mol. The number of amides is 1. The molecule has 4 nitrogen and oxygen atoms in total. The monoisotopic (exact) mass is 359 g/mol. The molecule has 0 unspecified atom stereocenters. The molecule has 1 aliphatic heterocycles. The molecule has 0 radical (unpaired) electrons. The Kier molecular flexibility index (Phi) is 5.61. The van der Waals surface area contributed by atoms with Crippen molar-refractivity contribution >= 4 is 17.5 Å². The number of halogens is 1. The van der Waals surface area contributed by atoms with E-state index in [4.69, 9.17) is 16.3 Å². The normalized spacial score (nSPS) is 20.4. The first kappa shape index (κ1) is 17.8. The molecule has 2 aromatic rings. The highest BCUT2D eigenvalue weighted by molar-refractivity contribution is 6.30. The fourth-order valence-electron chi connectivity index (χ4n) is 3.33. The number of ether oxygens (including phenoxy) is 1. The molecule has 0 bridgehead atoms. The molecular formula is C20H22ClNO3. The number of likely N-dealkylation sites (tertiary alicyclic amines) is 1. The van der Waals surface area contributed by atoms with Crippen molar-refractivity contribution in [2.45, 2.75) is 24.9 Å². The van der Waals surface area contributed by atoms with Crippen molar-refractivity contribution in [3.05, 3.63) is 64.7 Å². The number of benzene rings is 2. The molecule has 2 atom stereocenters. The summed E-state index contributed by atoms with van der Waals surface area (Å²) in [5, 5.41) is 11.2. The lowest BCUT2D eigenvalue weighted by molar-refractivity contribution is -0.134. The van der Waals surface area contributed by atoms with Gasteiger partial charge in [0.1, 0.15) is 5.75 Å². The van der Waals surface area contributed by atoms with Crippen LogP contribution >= 0.6 is 11.6 Å². The van der Waals surface area contributed by atoms with E-state index >= 15 is 0 Å². The molecule has 25 heavy (non-hydrogen) atoms. The maximum atomic E-state index is 12.5. The number of hydrogen-bond acceptors (Lipinski definition) is 3. The topological polar surface area (TPSA) is 49.8 Å². The van der Waals surface area contributed by atoms with Crippen LogP contribution in [0.1, 0.15) is 23.5 Å². The van der Waals surface area contributed by atoms with E-state index in [0.717, 1.165) is 23.3 Å². The Balaban J connectivity index is 1.61. The quantitative estimate of drug-likeness (QED) is 0.911. The van der Waals surface area contributed by atoms with Crippen LogP contribution in [-0.4, -0.2) is 42.2 Å². The summed E-state index contributed by atoms with van der Waals surface area (Å²) >= 11 is 5.97. The third-order valence-corrected chi connectivity index (χ3v) is 4.96. The Morgan fingerprint density at radius 3 is 2.68 bits per heavy atom. The Labute approximate surface area is 153 Å². The minimum atomic E-state index is -0.564. The number of piperidine rings is 1. The lowest BCUT2D eigenvalue weighted by Gasteiger charge is -2.36. The van der Waals surface area contributed by atoms with Crippen LogP contribution in [0.3, 0.4) is 0 Å². The van der Waals surface area contributed by atoms with Gasteiger partial charge in [-0.3, -0.25) is 4.79 Å². The van der Waals surface area contributed by atoms with Gasteiger partial charge in [-0.15, -0.1) is 0 Å². The highest BCUT2D eigenvalue weighted by Crippen LogP contribution is 2.30. The van der Waals surface area contributed by atoms with Gasteiger partial charge >= 0.3 is 0 Å². The van der Waals surface area contributed by atoms with E-state index in [0.29, 0.717) is 24.5 Å². The standard InChI is InChI=1S/C20H22ClNO3/c1-25-17-7-5-15(6-8-17)18-9-10-22(13-19(18)23)20(24)12-14-3-2-4-16(21)11-14/h2-8,11,18-19,23H,9-10,12-13H2,1H3/t18-,19+/m0/s1. The van der Waals surface area contributed by atoms with Crippen LogP contribution in [0.2, 0.25) is 5.02 Å². The van der Waals surface area contributed by atoms with Gasteiger partial charge in [0.2, 0.25) is 5.91 Å². The minimum absolute atomic E-state index is 0.0227. The zero-order valence-electron chi connectivity index (χ0n) is 14.2. The molecule has 1 amide bonds. The summed E-state index contributed by atoms with van der Waals surface area (Å²) in [6, 6.07) is 15.1. The van der Waals surface area contributed by atoms with Gasteiger partial charge in [0.25, 0.3) is 0 Å². The third-order valence-electron chi connectivity index (χ3n) is 4.72. The number of β-amino-alcohol motifs (C(OH)–C–C–N with tert-alkyl or cyclic N) is 1. The Morgan fingerprint density at radius 1 is 1.28 bits per heavy atom. The SMILES string of the molecule is COc1ccc([C@@H]2CCN(C(=O)Cc3cccc(Cl)c3)C[C@H]2O)cc1. The Bertz CT molecular complexity index is 732. The molecule has 1 heterocycles. The van der Waals surface area contributed by atoms with Gasteiger partial charge in [-0.05, 0) is 41.8 Å². The van der Waals surface area contributed by atoms with Crippen LogP contribution in [0.25, 0.3) is 0 Å². The highest BCUT2D eigenvalue weighted by atomic mass is 35.5. The number of aliphatic hydroxyl groups excluding tert-OH is 1. The van der Waals surface area contributed by atoms with Crippen molar-refractivity contribution in [1.29, 1.82) is 0 Å². The van der Waals surface area contributed by atoms with Gasteiger partial charge in [0.05, 0.1) is 19.6 Å². The Hall–Kier alpha value is -2.04. The Morgan fingerprint density at radius 2 is 2.04 bits per heavy atom. The highest BCUT2D eigenvalue weighted by Gasteiger charge is 2.31. The van der Waals surface area contributed by atoms with Crippen LogP contribution in [0.5, 0.6) is 5.75 Å². The van der Waals surface area contributed by atoms with Gasteiger partial charge in [0.15, 0.2) is 0 Å². The summed E-state index contributed by atoms with van der Waals surface area (Å²) in [5.74, 6) is 0.864. The summed E-state index contributed by atoms with van der Waals surface area (Å²) in [5.41, 5.74) is 1.97. The second kappa shape index (κ2) is 7.89. The van der Waals surface area contributed by atoms with Crippen LogP contribution in [-0.2, 0) is 11.2 Å². The number of methoxy groups -OCH3 is 1. The summed E-state index contributed by atoms with van der Waals surface area (Å²) in [6.45, 7) is 1.00. The maximum Gasteiger partial charge on any atom is 0.227 e. The molecule has 0 spiro atoms. The number of carbonyl (C=O) groups excluding carboxylic acids is 1. The molecular weight excluding hydrogens is 338 g/mol. The van der Waals surface area contributed by atoms with E-state index in [1.54, 1.807) is 24.1 Å². The molecule has 0 aromatic heterocycles. The average molecular weight is 360 g/mol. The summed E-state index contributed by atoms with van der Waals surface area (Å²) in [4.78, 5) is 14.2. The first-order chi connectivity index (χ1) is 12.1. The van der Waals surface area contributed by atoms with E-state index in [1.165, 1.54) is 0 Å². The zero-order valence-corrected chi connectivity index (χ0v) is 14.9. The largest absolute Gasteiger partial charge is 0.497 e. The molecule has 0 saturated carbocycles. The van der Waals surface area contributed by atoms with Gasteiger partial charge in [-0.1, -0.05) is 35.9 Å². The molecule has 3 rings (SSSR count). The summed E-state index contributed by atoms with van der Waals surface area (Å²) < 4.78 is 5.17. The second-order valence-electron chi connectivity index (χ2n) is 6.38. The van der Waals surface area contributed by atoms with E-state index < -0.39 is 6.10 Å². The predicted octanol–water partition coefficient (Wildman–Crippen LogP) is 3.27. The van der Waals surface area contributed by atoms with Gasteiger partial charge in [0, 0.05) is 24.0 Å². The van der Waals surface area contributed by atoms with Crippen molar-refractivity contribution in [2.75, 3.05) is 20.2 Å². The lowest BCUT2D eigenvalue weighted by Crippen LogP contribution is -2.46. The first-order valence-corrected chi connectivity index (χ1v) is 8.79. The van der Waals surface area contributed by atoms with Gasteiger partial charge < -0.3 is 14.7 Å². The first-order valence-electron chi connectivity index (χ1n) is 8.41. The molecule has 1 saturated heterocycles. The second-order valence-corrected chi connectivity index (χ2v) is 6.82. The van der Waals surface area contributed by atoms with Gasteiger partial charge in [-0.2, -0.15) is 0 Å². The molecule has 1 aliphatic rings. The molecule has 132 valence electrons. The zero-order chi connectivity index (χ0) is 17.8. The molecule has 0 aliphatic carbocycles. The van der Waals surface area contributed by atoms with Crippen LogP contribution in [0, 0.1) is 0 Å². The molecule has 2 aromatic carbocycles. The third kappa shape index (κ3) is 4.33. The molecule has 5 heteroatoms. The summed E-state index contributed by atoms with van der Waals surface area (Å²) in [7, 11) is 1.63. The van der Waals surface area contributed by atoms with Crippen LogP contribution in [0.4, 0.5) is 0 Å². The number of carbonyl (C=O) groups is 1. The smallest absolute Gasteiger partial charge is 0.227 e. The van der Waals surface area contributed by atoms with Crippen molar-refractivity contribution in [3.63, 3.8) is 0 Å². The number of aliphatic hydroxyl groups is 1. The number of rotatable bonds is 4. The van der Waals surface area contributed by atoms with Crippen molar-refractivity contribution in [3.8, 4) is 5.75 Å². The van der Waals surface area contributed by atoms with Crippen molar-refractivity contribution in [1.82, 2.24) is 4.90 Å². The number of nitrogens with zero attached hydrogens (tertiary/aromatic N) is 1. The molecule has 1 fully saturated rings. The van der Waals surface area contributed by atoms with E-state index in [2.05, 4.69) is 0 Å². The minimum Gasteiger partial charge on any atom is -0.497 e. The molecule has 1 N–H and O–H groups in total. The van der Waals surface area contributed by atoms with E-state index in [-0.39, 0.29) is 11.8 Å². The van der Waals surface area contributed by atoms with Crippen molar-refractivity contribution in [2.24, 2.45) is 0 Å².